The van der Waals surface area contributed by atoms with Crippen molar-refractivity contribution in [2.45, 2.75) is 31.8 Å². The lowest BCUT2D eigenvalue weighted by molar-refractivity contribution is -0.122. The molecule has 3 rings (SSSR count). The van der Waals surface area contributed by atoms with E-state index in [-0.39, 0.29) is 24.6 Å². The molecule has 22 heavy (non-hydrogen) atoms. The van der Waals surface area contributed by atoms with Gasteiger partial charge in [-0.15, -0.1) is 0 Å². The summed E-state index contributed by atoms with van der Waals surface area (Å²) in [7, 11) is 1.63. The highest BCUT2D eigenvalue weighted by atomic mass is 16.5. The van der Waals surface area contributed by atoms with Crippen LogP contribution in [0, 0.1) is 5.92 Å². The average Bonchev–Trinajstić information content (AvgIpc) is 3.09. The molecule has 2 saturated heterocycles. The number of aliphatic hydroxyl groups is 1. The minimum atomic E-state index is -0.119. The minimum Gasteiger partial charge on any atom is -0.495 e. The molecular weight excluding hydrogens is 280 g/mol. The number of aliphatic hydroxyl groups excluding tert-OH is 1. The summed E-state index contributed by atoms with van der Waals surface area (Å²) >= 11 is 0. The fraction of sp³-hybridized carbons (Fsp3) is 0.588. The number of likely N-dealkylation sites (tertiary alicyclic amines) is 1. The molecule has 2 aliphatic heterocycles. The highest BCUT2D eigenvalue weighted by Crippen LogP contribution is 2.35. The predicted molar refractivity (Wildman–Crippen MR) is 85.1 cm³/mol. The van der Waals surface area contributed by atoms with Crippen molar-refractivity contribution in [3.8, 4) is 5.75 Å². The predicted octanol–water partition coefficient (Wildman–Crippen LogP) is 1.50. The lowest BCUT2D eigenvalue weighted by atomic mass is 10.0. The molecule has 1 aromatic rings. The van der Waals surface area contributed by atoms with Crippen LogP contribution < -0.4 is 9.64 Å². The summed E-state index contributed by atoms with van der Waals surface area (Å²) in [6.45, 7) is 3.87. The molecule has 120 valence electrons. The maximum absolute atomic E-state index is 12.9. The molecule has 0 unspecified atom stereocenters. The molecule has 2 aliphatic rings. The fourth-order valence-corrected chi connectivity index (χ4v) is 3.77. The summed E-state index contributed by atoms with van der Waals surface area (Å²) in [6.07, 6.45) is 1.85. The Hall–Kier alpha value is -1.59. The minimum absolute atomic E-state index is 0.103. The van der Waals surface area contributed by atoms with Gasteiger partial charge in [-0.25, -0.2) is 0 Å². The SMILES string of the molecule is COc1ccccc1N1CC[C@H](N2CC[C@H](C)[C@@H]2CO)C1=O. The second kappa shape index (κ2) is 6.26. The first-order chi connectivity index (χ1) is 10.7. The van der Waals surface area contributed by atoms with Crippen LogP contribution in [-0.4, -0.2) is 54.8 Å². The molecule has 2 heterocycles. The van der Waals surface area contributed by atoms with Gasteiger partial charge in [0.1, 0.15) is 5.75 Å². The number of amides is 1. The molecular formula is C17H24N2O3. The van der Waals surface area contributed by atoms with Crippen LogP contribution in [0.5, 0.6) is 5.75 Å². The van der Waals surface area contributed by atoms with E-state index in [4.69, 9.17) is 4.74 Å². The van der Waals surface area contributed by atoms with Crippen LogP contribution >= 0.6 is 0 Å². The first-order valence-corrected chi connectivity index (χ1v) is 7.98. The third-order valence-corrected chi connectivity index (χ3v) is 5.07. The van der Waals surface area contributed by atoms with E-state index >= 15 is 0 Å². The van der Waals surface area contributed by atoms with Gasteiger partial charge in [0.25, 0.3) is 0 Å². The number of para-hydroxylation sites is 2. The maximum Gasteiger partial charge on any atom is 0.244 e. The van der Waals surface area contributed by atoms with Gasteiger partial charge in [-0.1, -0.05) is 19.1 Å². The van der Waals surface area contributed by atoms with Crippen molar-refractivity contribution < 1.29 is 14.6 Å². The molecule has 3 atom stereocenters. The number of nitrogens with zero attached hydrogens (tertiary/aromatic N) is 2. The first kappa shape index (κ1) is 15.3. The van der Waals surface area contributed by atoms with E-state index < -0.39 is 0 Å². The van der Waals surface area contributed by atoms with Gasteiger partial charge < -0.3 is 14.7 Å². The lowest BCUT2D eigenvalue weighted by Crippen LogP contribution is -2.46. The number of carbonyl (C=O) groups is 1. The maximum atomic E-state index is 12.9. The standard InChI is InChI=1S/C17H24N2O3/c1-12-7-9-18(15(12)11-20)14-8-10-19(17(14)21)13-5-3-4-6-16(13)22-2/h3-6,12,14-15,20H,7-11H2,1-2H3/t12-,14-,15-/m0/s1. The summed E-state index contributed by atoms with van der Waals surface area (Å²) in [6, 6.07) is 7.62. The van der Waals surface area contributed by atoms with Gasteiger partial charge in [0.05, 0.1) is 25.4 Å². The third kappa shape index (κ3) is 2.48. The van der Waals surface area contributed by atoms with Crippen LogP contribution in [0.3, 0.4) is 0 Å². The van der Waals surface area contributed by atoms with Gasteiger partial charge in [-0.05, 0) is 37.4 Å². The van der Waals surface area contributed by atoms with E-state index in [1.54, 1.807) is 7.11 Å². The average molecular weight is 304 g/mol. The van der Waals surface area contributed by atoms with Gasteiger partial charge >= 0.3 is 0 Å². The number of hydrogen-bond donors (Lipinski definition) is 1. The van der Waals surface area contributed by atoms with Crippen LogP contribution in [0.15, 0.2) is 24.3 Å². The molecule has 1 amide bonds. The number of rotatable bonds is 4. The van der Waals surface area contributed by atoms with Gasteiger partial charge in [0, 0.05) is 12.6 Å². The van der Waals surface area contributed by atoms with Crippen LogP contribution in [-0.2, 0) is 4.79 Å². The van der Waals surface area contributed by atoms with Crippen LogP contribution in [0.4, 0.5) is 5.69 Å². The second-order valence-electron chi connectivity index (χ2n) is 6.22. The van der Waals surface area contributed by atoms with E-state index in [1.165, 1.54) is 0 Å². The molecule has 0 radical (unpaired) electrons. The Morgan fingerprint density at radius 3 is 2.77 bits per heavy atom. The smallest absolute Gasteiger partial charge is 0.244 e. The number of methoxy groups -OCH3 is 1. The first-order valence-electron chi connectivity index (χ1n) is 7.98. The number of hydrogen-bond acceptors (Lipinski definition) is 4. The number of ether oxygens (including phenoxy) is 1. The molecule has 0 aromatic heterocycles. The normalized spacial score (nSPS) is 29.3. The summed E-state index contributed by atoms with van der Waals surface area (Å²) in [5.74, 6) is 1.29. The molecule has 5 nitrogen and oxygen atoms in total. The van der Waals surface area contributed by atoms with Crippen molar-refractivity contribution in [3.63, 3.8) is 0 Å². The summed E-state index contributed by atoms with van der Waals surface area (Å²) < 4.78 is 5.38. The highest BCUT2D eigenvalue weighted by Gasteiger charge is 2.43. The number of benzene rings is 1. The Balaban J connectivity index is 1.81. The molecule has 5 heteroatoms. The topological polar surface area (TPSA) is 53.0 Å². The van der Waals surface area contributed by atoms with E-state index in [0.29, 0.717) is 12.5 Å². The summed E-state index contributed by atoms with van der Waals surface area (Å²) in [4.78, 5) is 16.9. The van der Waals surface area contributed by atoms with Crippen molar-refractivity contribution >= 4 is 11.6 Å². The Labute approximate surface area is 131 Å². The van der Waals surface area contributed by atoms with Crippen molar-refractivity contribution in [2.75, 3.05) is 31.7 Å². The number of anilines is 1. The lowest BCUT2D eigenvalue weighted by Gasteiger charge is -2.30. The van der Waals surface area contributed by atoms with Crippen LogP contribution in [0.25, 0.3) is 0 Å². The van der Waals surface area contributed by atoms with Crippen LogP contribution in [0.2, 0.25) is 0 Å². The summed E-state index contributed by atoms with van der Waals surface area (Å²) in [5, 5.41) is 9.63. The van der Waals surface area contributed by atoms with E-state index in [0.717, 1.165) is 30.8 Å². The fourth-order valence-electron chi connectivity index (χ4n) is 3.77. The molecule has 1 aromatic carbocycles. The molecule has 0 spiro atoms. The molecule has 0 aliphatic carbocycles. The molecule has 0 saturated carbocycles. The van der Waals surface area contributed by atoms with Gasteiger partial charge in [-0.2, -0.15) is 0 Å². The Morgan fingerprint density at radius 1 is 1.27 bits per heavy atom. The Bertz CT molecular complexity index is 548. The zero-order chi connectivity index (χ0) is 15.7. The van der Waals surface area contributed by atoms with Crippen LogP contribution in [0.1, 0.15) is 19.8 Å². The van der Waals surface area contributed by atoms with Gasteiger partial charge in [0.15, 0.2) is 0 Å². The monoisotopic (exact) mass is 304 g/mol. The molecule has 0 bridgehead atoms. The second-order valence-corrected chi connectivity index (χ2v) is 6.22. The van der Waals surface area contributed by atoms with Crippen molar-refractivity contribution in [1.29, 1.82) is 0 Å². The van der Waals surface area contributed by atoms with E-state index in [2.05, 4.69) is 11.8 Å². The van der Waals surface area contributed by atoms with Crippen molar-refractivity contribution in [1.82, 2.24) is 4.90 Å². The Morgan fingerprint density at radius 2 is 2.05 bits per heavy atom. The molecule has 1 N–H and O–H groups in total. The zero-order valence-electron chi connectivity index (χ0n) is 13.2. The quantitative estimate of drug-likeness (QED) is 0.916. The van der Waals surface area contributed by atoms with E-state index in [9.17, 15) is 9.90 Å². The van der Waals surface area contributed by atoms with E-state index in [1.807, 2.05) is 29.2 Å². The van der Waals surface area contributed by atoms with Crippen molar-refractivity contribution in [2.24, 2.45) is 5.92 Å². The number of carbonyl (C=O) groups excluding carboxylic acids is 1. The molecule has 2 fully saturated rings. The highest BCUT2D eigenvalue weighted by molar-refractivity contribution is 6.00. The zero-order valence-corrected chi connectivity index (χ0v) is 13.2. The van der Waals surface area contributed by atoms with Gasteiger partial charge in [0.2, 0.25) is 5.91 Å². The Kier molecular flexibility index (Phi) is 4.36. The third-order valence-electron chi connectivity index (χ3n) is 5.07. The summed E-state index contributed by atoms with van der Waals surface area (Å²) in [5.41, 5.74) is 0.838. The van der Waals surface area contributed by atoms with Crippen molar-refractivity contribution in [3.05, 3.63) is 24.3 Å². The largest absolute Gasteiger partial charge is 0.495 e. The van der Waals surface area contributed by atoms with Gasteiger partial charge in [-0.3, -0.25) is 9.69 Å².